The number of benzene rings is 1. The van der Waals surface area contributed by atoms with Gasteiger partial charge in [0.25, 0.3) is 0 Å². The molecule has 13 heteroatoms. The van der Waals surface area contributed by atoms with Crippen molar-refractivity contribution in [2.45, 2.75) is 129 Å². The number of likely N-dealkylation sites (N-methyl/N-ethyl adjacent to an activating group) is 2. The van der Waals surface area contributed by atoms with Crippen LogP contribution in [0.5, 0.6) is 0 Å². The van der Waals surface area contributed by atoms with Crippen LogP contribution in [0.4, 0.5) is 0 Å². The summed E-state index contributed by atoms with van der Waals surface area (Å²) in [5.74, 6) is -2.24. The van der Waals surface area contributed by atoms with Crippen LogP contribution in [-0.2, 0) is 28.7 Å². The average Bonchev–Trinajstić information content (AvgIpc) is 3.51. The first-order valence-corrected chi connectivity index (χ1v) is 18.7. The minimum atomic E-state index is -1.55. The Morgan fingerprint density at radius 2 is 1.52 bits per heavy atom. The Morgan fingerprint density at radius 1 is 0.923 bits per heavy atom. The molecule has 1 aliphatic heterocycles. The Labute approximate surface area is 311 Å². The van der Waals surface area contributed by atoms with Gasteiger partial charge in [0, 0.05) is 27.8 Å². The fraction of sp³-hybridized carbons (Fsp3) is 0.744. The van der Waals surface area contributed by atoms with E-state index in [1.807, 2.05) is 48.5 Å². The Bertz CT molecular complexity index is 1300. The molecule has 0 aliphatic carbocycles. The van der Waals surface area contributed by atoms with Crippen molar-refractivity contribution in [1.29, 1.82) is 0 Å². The highest BCUT2D eigenvalue weighted by atomic mass is 16.5. The van der Waals surface area contributed by atoms with Crippen LogP contribution in [0.2, 0.25) is 0 Å². The van der Waals surface area contributed by atoms with Gasteiger partial charge in [-0.15, -0.1) is 0 Å². The van der Waals surface area contributed by atoms with E-state index in [9.17, 15) is 29.4 Å². The Balaban J connectivity index is 2.30. The fourth-order valence-electron chi connectivity index (χ4n) is 7.77. The zero-order valence-corrected chi connectivity index (χ0v) is 33.5. The minimum absolute atomic E-state index is 0.0212. The number of carbonyl (C=O) groups excluding carboxylic acids is 4. The number of carbonyl (C=O) groups is 4. The van der Waals surface area contributed by atoms with Crippen LogP contribution in [0.25, 0.3) is 0 Å². The lowest BCUT2D eigenvalue weighted by Crippen LogP contribution is -2.61. The zero-order chi connectivity index (χ0) is 39.5. The third-order valence-electron chi connectivity index (χ3n) is 11.0. The van der Waals surface area contributed by atoms with Gasteiger partial charge >= 0.3 is 0 Å². The van der Waals surface area contributed by atoms with Gasteiger partial charge in [-0.2, -0.15) is 0 Å². The summed E-state index contributed by atoms with van der Waals surface area (Å²) in [5, 5.41) is 29.8. The number of hydrogen-bond acceptors (Lipinski definition) is 9. The van der Waals surface area contributed by atoms with Gasteiger partial charge in [-0.3, -0.25) is 19.2 Å². The molecule has 1 aromatic carbocycles. The lowest BCUT2D eigenvalue weighted by Gasteiger charge is -2.44. The molecule has 0 spiro atoms. The number of hydrogen-bond donors (Lipinski definition) is 5. The molecule has 5 N–H and O–H groups in total. The standard InChI is InChI=1S/C39H67N5O8/c1-13-25(6)32(43(10)38(50)31(24(4)5)41-36(48)30(40-9)23(2)3)28(51-11)22-29(45)44-21-17-20-39(44,8)34(52-12)26(7)35(47)42-37(49)33(46)27-18-15-14-16-19-27/h14-16,18-19,23-26,28,30-34,37,40,46,49H,13,17,20-22H2,1-12H3,(H,41,48)(H,42,47)/t25-,26+,28+,30-,31-,32?,33-,34?,37?,39-/m0/s1. The summed E-state index contributed by atoms with van der Waals surface area (Å²) in [5.41, 5.74) is -0.412. The first-order chi connectivity index (χ1) is 24.4. The van der Waals surface area contributed by atoms with E-state index in [0.717, 1.165) is 6.42 Å². The van der Waals surface area contributed by atoms with Crippen LogP contribution in [0.3, 0.4) is 0 Å². The lowest BCUT2D eigenvalue weighted by atomic mass is 9.82. The molecule has 1 fully saturated rings. The van der Waals surface area contributed by atoms with E-state index in [2.05, 4.69) is 16.0 Å². The van der Waals surface area contributed by atoms with E-state index >= 15 is 0 Å². The van der Waals surface area contributed by atoms with Gasteiger partial charge in [-0.25, -0.2) is 0 Å². The summed E-state index contributed by atoms with van der Waals surface area (Å²) in [6.07, 6.45) is -2.32. The normalized spacial score (nSPS) is 21.4. The van der Waals surface area contributed by atoms with Crippen molar-refractivity contribution >= 4 is 23.6 Å². The number of aliphatic hydroxyl groups excluding tert-OH is 2. The van der Waals surface area contributed by atoms with E-state index in [-0.39, 0.29) is 41.9 Å². The number of ether oxygens (including phenoxy) is 2. The molecular weight excluding hydrogens is 666 g/mol. The van der Waals surface area contributed by atoms with Crippen molar-refractivity contribution in [2.75, 3.05) is 34.9 Å². The third kappa shape index (κ3) is 10.7. The summed E-state index contributed by atoms with van der Waals surface area (Å²) in [6.45, 7) is 15.7. The summed E-state index contributed by atoms with van der Waals surface area (Å²) in [4.78, 5) is 58.4. The number of nitrogens with zero attached hydrogens (tertiary/aromatic N) is 2. The van der Waals surface area contributed by atoms with E-state index < -0.39 is 60.0 Å². The smallest absolute Gasteiger partial charge is 0.245 e. The molecule has 4 amide bonds. The molecular formula is C39H67N5O8. The quantitative estimate of drug-likeness (QED) is 0.127. The Hall–Kier alpha value is -3.10. The molecule has 13 nitrogen and oxygen atoms in total. The molecule has 0 aromatic heterocycles. The highest BCUT2D eigenvalue weighted by molar-refractivity contribution is 5.90. The molecule has 10 atom stereocenters. The topological polar surface area (TPSA) is 170 Å². The second-order valence-electron chi connectivity index (χ2n) is 15.3. The molecule has 0 saturated carbocycles. The Kier molecular flexibility index (Phi) is 17.7. The van der Waals surface area contributed by atoms with Crippen LogP contribution in [0.15, 0.2) is 30.3 Å². The number of rotatable bonds is 20. The second-order valence-corrected chi connectivity index (χ2v) is 15.3. The zero-order valence-electron chi connectivity index (χ0n) is 33.5. The number of amides is 4. The molecule has 0 radical (unpaired) electrons. The van der Waals surface area contributed by atoms with Crippen LogP contribution < -0.4 is 16.0 Å². The molecule has 3 unspecified atom stereocenters. The molecule has 52 heavy (non-hydrogen) atoms. The first-order valence-electron chi connectivity index (χ1n) is 18.7. The summed E-state index contributed by atoms with van der Waals surface area (Å²) in [7, 11) is 6.47. The molecule has 2 rings (SSSR count). The van der Waals surface area contributed by atoms with Gasteiger partial charge in [-0.05, 0) is 50.1 Å². The first kappa shape index (κ1) is 45.1. The fourth-order valence-corrected chi connectivity index (χ4v) is 7.77. The summed E-state index contributed by atoms with van der Waals surface area (Å²) >= 11 is 0. The maximum absolute atomic E-state index is 14.3. The molecule has 1 saturated heterocycles. The maximum Gasteiger partial charge on any atom is 0.245 e. The van der Waals surface area contributed by atoms with Crippen LogP contribution in [-0.4, -0.2) is 121 Å². The summed E-state index contributed by atoms with van der Waals surface area (Å²) < 4.78 is 11.9. The monoisotopic (exact) mass is 733 g/mol. The van der Waals surface area contributed by atoms with E-state index in [0.29, 0.717) is 24.9 Å². The van der Waals surface area contributed by atoms with E-state index in [1.165, 1.54) is 14.2 Å². The van der Waals surface area contributed by atoms with Crippen LogP contribution >= 0.6 is 0 Å². The van der Waals surface area contributed by atoms with Crippen molar-refractivity contribution in [3.63, 3.8) is 0 Å². The van der Waals surface area contributed by atoms with Crippen LogP contribution in [0, 0.1) is 23.7 Å². The van der Waals surface area contributed by atoms with Gasteiger partial charge in [-0.1, -0.05) is 85.2 Å². The van der Waals surface area contributed by atoms with E-state index in [1.54, 1.807) is 61.2 Å². The second kappa shape index (κ2) is 20.4. The third-order valence-corrected chi connectivity index (χ3v) is 11.0. The number of aliphatic hydroxyl groups is 2. The lowest BCUT2D eigenvalue weighted by molar-refractivity contribution is -0.153. The predicted octanol–water partition coefficient (Wildman–Crippen LogP) is 2.85. The van der Waals surface area contributed by atoms with E-state index in [4.69, 9.17) is 9.47 Å². The maximum atomic E-state index is 14.3. The number of likely N-dealkylation sites (tertiary alicyclic amines) is 1. The van der Waals surface area contributed by atoms with Crippen LogP contribution in [0.1, 0.15) is 92.7 Å². The van der Waals surface area contributed by atoms with Gasteiger partial charge < -0.3 is 45.4 Å². The minimum Gasteiger partial charge on any atom is -0.384 e. The average molecular weight is 734 g/mol. The summed E-state index contributed by atoms with van der Waals surface area (Å²) in [6, 6.07) is 6.84. The molecule has 1 heterocycles. The highest BCUT2D eigenvalue weighted by Crippen LogP contribution is 2.38. The highest BCUT2D eigenvalue weighted by Gasteiger charge is 2.50. The van der Waals surface area contributed by atoms with Gasteiger partial charge in [0.15, 0.2) is 6.23 Å². The van der Waals surface area contributed by atoms with Crippen molar-refractivity contribution in [1.82, 2.24) is 25.8 Å². The van der Waals surface area contributed by atoms with Crippen molar-refractivity contribution in [3.05, 3.63) is 35.9 Å². The SMILES string of the molecule is CC[C@H](C)C([C@@H](CC(=O)N1CCC[C@@]1(C)C(OC)[C@@H](C)C(=O)NC(O)[C@@H](O)c1ccccc1)OC)N(C)C(=O)[C@@H](NC(=O)[C@@H](NC)C(C)C)C(C)C. The Morgan fingerprint density at radius 3 is 2.02 bits per heavy atom. The number of nitrogens with one attached hydrogen (secondary N) is 3. The van der Waals surface area contributed by atoms with Crippen molar-refractivity contribution in [2.24, 2.45) is 23.7 Å². The van der Waals surface area contributed by atoms with Crippen molar-refractivity contribution in [3.8, 4) is 0 Å². The molecule has 1 aliphatic rings. The van der Waals surface area contributed by atoms with Gasteiger partial charge in [0.1, 0.15) is 12.1 Å². The van der Waals surface area contributed by atoms with Crippen molar-refractivity contribution < 1.29 is 38.9 Å². The predicted molar refractivity (Wildman–Crippen MR) is 201 cm³/mol. The van der Waals surface area contributed by atoms with Gasteiger partial charge in [0.2, 0.25) is 23.6 Å². The van der Waals surface area contributed by atoms with Gasteiger partial charge in [0.05, 0.1) is 42.2 Å². The molecule has 296 valence electrons. The molecule has 0 bridgehead atoms. The largest absolute Gasteiger partial charge is 0.384 e. The number of methoxy groups -OCH3 is 2. The molecule has 1 aromatic rings.